The Hall–Kier alpha value is -2.62. The number of carbonyl (C=O) groups is 2. The fraction of sp³-hybridized carbons (Fsp3) is 0.417. The number of nitrogens with zero attached hydrogens (tertiary/aromatic N) is 1. The molecule has 0 unspecified atom stereocenters. The van der Waals surface area contributed by atoms with E-state index in [-0.39, 0.29) is 17.9 Å². The summed E-state index contributed by atoms with van der Waals surface area (Å²) in [6.07, 6.45) is 2.62. The third-order valence-electron chi connectivity index (χ3n) is 5.21. The SMILES string of the molecule is CC(C)Cc1ccc([C@@H](C)NC(=O)c2cccc(CN3CCCC3=O)c2)cc1. The normalized spacial score (nSPS) is 15.1. The van der Waals surface area contributed by atoms with E-state index in [9.17, 15) is 9.59 Å². The molecule has 1 fully saturated rings. The molecule has 4 nitrogen and oxygen atoms in total. The van der Waals surface area contributed by atoms with E-state index in [0.717, 1.165) is 30.5 Å². The number of nitrogens with one attached hydrogen (secondary N) is 1. The molecule has 0 bridgehead atoms. The molecule has 1 N–H and O–H groups in total. The predicted molar refractivity (Wildman–Crippen MR) is 112 cm³/mol. The molecule has 0 spiro atoms. The molecule has 1 atom stereocenters. The van der Waals surface area contributed by atoms with Gasteiger partial charge in [0, 0.05) is 25.1 Å². The molecule has 0 radical (unpaired) electrons. The lowest BCUT2D eigenvalue weighted by molar-refractivity contribution is -0.128. The summed E-state index contributed by atoms with van der Waals surface area (Å²) in [4.78, 5) is 26.4. The lowest BCUT2D eigenvalue weighted by Crippen LogP contribution is -2.27. The van der Waals surface area contributed by atoms with Crippen molar-refractivity contribution in [3.05, 3.63) is 70.8 Å². The van der Waals surface area contributed by atoms with Gasteiger partial charge in [-0.1, -0.05) is 50.2 Å². The maximum absolute atomic E-state index is 12.7. The van der Waals surface area contributed by atoms with Gasteiger partial charge in [0.2, 0.25) is 5.91 Å². The highest BCUT2D eigenvalue weighted by Gasteiger charge is 2.20. The molecule has 148 valence electrons. The van der Waals surface area contributed by atoms with E-state index in [0.29, 0.717) is 24.4 Å². The second kappa shape index (κ2) is 9.05. The van der Waals surface area contributed by atoms with E-state index in [1.807, 2.05) is 36.1 Å². The molecule has 0 saturated carbocycles. The van der Waals surface area contributed by atoms with Crippen molar-refractivity contribution in [3.63, 3.8) is 0 Å². The molecule has 1 aliphatic rings. The monoisotopic (exact) mass is 378 g/mol. The van der Waals surface area contributed by atoms with E-state index in [1.165, 1.54) is 5.56 Å². The van der Waals surface area contributed by atoms with Gasteiger partial charge < -0.3 is 10.2 Å². The van der Waals surface area contributed by atoms with Gasteiger partial charge in [0.25, 0.3) is 5.91 Å². The number of hydrogen-bond acceptors (Lipinski definition) is 2. The fourth-order valence-electron chi connectivity index (χ4n) is 3.68. The van der Waals surface area contributed by atoms with Crippen molar-refractivity contribution < 1.29 is 9.59 Å². The first-order chi connectivity index (χ1) is 13.4. The summed E-state index contributed by atoms with van der Waals surface area (Å²) in [6.45, 7) is 7.81. The fourth-order valence-corrected chi connectivity index (χ4v) is 3.68. The Balaban J connectivity index is 1.62. The molecule has 2 aromatic rings. The summed E-state index contributed by atoms with van der Waals surface area (Å²) in [5.74, 6) is 0.740. The Bertz CT molecular complexity index is 827. The highest BCUT2D eigenvalue weighted by Crippen LogP contribution is 2.18. The topological polar surface area (TPSA) is 49.4 Å². The number of hydrogen-bond donors (Lipinski definition) is 1. The van der Waals surface area contributed by atoms with Gasteiger partial charge in [-0.2, -0.15) is 0 Å². The van der Waals surface area contributed by atoms with Crippen LogP contribution in [0.3, 0.4) is 0 Å². The zero-order valence-electron chi connectivity index (χ0n) is 17.1. The summed E-state index contributed by atoms with van der Waals surface area (Å²) in [7, 11) is 0. The zero-order valence-corrected chi connectivity index (χ0v) is 17.1. The summed E-state index contributed by atoms with van der Waals surface area (Å²) in [5.41, 5.74) is 4.04. The lowest BCUT2D eigenvalue weighted by Gasteiger charge is -2.17. The molecule has 1 aliphatic heterocycles. The minimum absolute atomic E-state index is 0.0654. The van der Waals surface area contributed by atoms with Crippen LogP contribution in [-0.2, 0) is 17.8 Å². The van der Waals surface area contributed by atoms with Crippen molar-refractivity contribution in [2.24, 2.45) is 5.92 Å². The molecular formula is C24H30N2O2. The maximum Gasteiger partial charge on any atom is 0.251 e. The largest absolute Gasteiger partial charge is 0.346 e. The average Bonchev–Trinajstić information content (AvgIpc) is 3.06. The quantitative estimate of drug-likeness (QED) is 0.771. The number of amides is 2. The van der Waals surface area contributed by atoms with E-state index in [1.54, 1.807) is 0 Å². The van der Waals surface area contributed by atoms with Crippen LogP contribution in [0.4, 0.5) is 0 Å². The maximum atomic E-state index is 12.7. The van der Waals surface area contributed by atoms with E-state index >= 15 is 0 Å². The highest BCUT2D eigenvalue weighted by molar-refractivity contribution is 5.94. The first-order valence-corrected chi connectivity index (χ1v) is 10.2. The van der Waals surface area contributed by atoms with Gasteiger partial charge in [-0.3, -0.25) is 9.59 Å². The second-order valence-electron chi connectivity index (χ2n) is 8.15. The number of likely N-dealkylation sites (tertiary alicyclic amines) is 1. The number of rotatable bonds is 7. The van der Waals surface area contributed by atoms with Gasteiger partial charge in [0.1, 0.15) is 0 Å². The molecule has 2 aromatic carbocycles. The van der Waals surface area contributed by atoms with Gasteiger partial charge in [-0.05, 0) is 54.5 Å². The molecule has 3 rings (SSSR count). The average molecular weight is 379 g/mol. The van der Waals surface area contributed by atoms with Crippen LogP contribution >= 0.6 is 0 Å². The minimum atomic E-state index is -0.0895. The van der Waals surface area contributed by atoms with Gasteiger partial charge in [0.05, 0.1) is 6.04 Å². The molecule has 0 aliphatic carbocycles. The summed E-state index contributed by atoms with van der Waals surface area (Å²) in [5, 5.41) is 3.08. The van der Waals surface area contributed by atoms with Crippen LogP contribution in [0.25, 0.3) is 0 Å². The van der Waals surface area contributed by atoms with Crippen LogP contribution < -0.4 is 5.32 Å². The molecule has 1 saturated heterocycles. The Morgan fingerprint density at radius 1 is 1.07 bits per heavy atom. The first kappa shape index (κ1) is 20.1. The zero-order chi connectivity index (χ0) is 20.1. The van der Waals surface area contributed by atoms with E-state index in [4.69, 9.17) is 0 Å². The van der Waals surface area contributed by atoms with Crippen molar-refractivity contribution in [2.45, 2.75) is 52.6 Å². The van der Waals surface area contributed by atoms with Crippen LogP contribution in [0.5, 0.6) is 0 Å². The number of carbonyl (C=O) groups excluding carboxylic acids is 2. The first-order valence-electron chi connectivity index (χ1n) is 10.2. The van der Waals surface area contributed by atoms with Gasteiger partial charge in [-0.25, -0.2) is 0 Å². The van der Waals surface area contributed by atoms with Gasteiger partial charge in [-0.15, -0.1) is 0 Å². The van der Waals surface area contributed by atoms with Crippen LogP contribution in [0.15, 0.2) is 48.5 Å². The smallest absolute Gasteiger partial charge is 0.251 e. The minimum Gasteiger partial charge on any atom is -0.346 e. The molecule has 0 aromatic heterocycles. The molecule has 2 amide bonds. The lowest BCUT2D eigenvalue weighted by atomic mass is 10.00. The second-order valence-corrected chi connectivity index (χ2v) is 8.15. The van der Waals surface area contributed by atoms with Crippen molar-refractivity contribution in [2.75, 3.05) is 6.54 Å². The Morgan fingerprint density at radius 3 is 2.46 bits per heavy atom. The summed E-state index contributed by atoms with van der Waals surface area (Å²) < 4.78 is 0. The third kappa shape index (κ3) is 5.22. The number of benzene rings is 2. The van der Waals surface area contributed by atoms with E-state index in [2.05, 4.69) is 43.4 Å². The Kier molecular flexibility index (Phi) is 6.50. The third-order valence-corrected chi connectivity index (χ3v) is 5.21. The Labute approximate surface area is 167 Å². The van der Waals surface area contributed by atoms with Crippen LogP contribution in [0, 0.1) is 5.92 Å². The van der Waals surface area contributed by atoms with Gasteiger partial charge in [0.15, 0.2) is 0 Å². The van der Waals surface area contributed by atoms with Crippen molar-refractivity contribution in [3.8, 4) is 0 Å². The van der Waals surface area contributed by atoms with Crippen molar-refractivity contribution in [1.82, 2.24) is 10.2 Å². The van der Waals surface area contributed by atoms with Crippen molar-refractivity contribution in [1.29, 1.82) is 0 Å². The predicted octanol–water partition coefficient (Wildman–Crippen LogP) is 4.50. The van der Waals surface area contributed by atoms with E-state index < -0.39 is 0 Å². The highest BCUT2D eigenvalue weighted by atomic mass is 16.2. The standard InChI is InChI=1S/C24H30N2O2/c1-17(2)14-19-9-11-21(12-10-19)18(3)25-24(28)22-7-4-6-20(15-22)16-26-13-5-8-23(26)27/h4,6-7,9-12,15,17-18H,5,8,13-14,16H2,1-3H3,(H,25,28)/t18-/m1/s1. The molecule has 28 heavy (non-hydrogen) atoms. The van der Waals surface area contributed by atoms with Crippen LogP contribution in [-0.4, -0.2) is 23.3 Å². The van der Waals surface area contributed by atoms with Crippen molar-refractivity contribution >= 4 is 11.8 Å². The molecule has 4 heteroatoms. The molecular weight excluding hydrogens is 348 g/mol. The Morgan fingerprint density at radius 2 is 1.82 bits per heavy atom. The van der Waals surface area contributed by atoms with Gasteiger partial charge >= 0.3 is 0 Å². The molecule has 1 heterocycles. The van der Waals surface area contributed by atoms with Crippen LogP contribution in [0.2, 0.25) is 0 Å². The summed E-state index contributed by atoms with van der Waals surface area (Å²) in [6, 6.07) is 16.0. The van der Waals surface area contributed by atoms with Crippen LogP contribution in [0.1, 0.15) is 66.7 Å². The summed E-state index contributed by atoms with van der Waals surface area (Å²) >= 11 is 0.